The van der Waals surface area contributed by atoms with Crippen LogP contribution in [-0.2, 0) is 19.6 Å². The summed E-state index contributed by atoms with van der Waals surface area (Å²) < 4.78 is 4.96. The Morgan fingerprint density at radius 1 is 1.28 bits per heavy atom. The van der Waals surface area contributed by atoms with Crippen LogP contribution in [0.5, 0.6) is 0 Å². The maximum atomic E-state index is 5.73. The van der Waals surface area contributed by atoms with Crippen molar-refractivity contribution in [3.8, 4) is 0 Å². The first kappa shape index (κ1) is 16.7. The van der Waals surface area contributed by atoms with Gasteiger partial charge in [0.25, 0.3) is 0 Å². The lowest BCUT2D eigenvalue weighted by molar-refractivity contribution is -0.954. The lowest BCUT2D eigenvalue weighted by atomic mass is 10.0. The summed E-state index contributed by atoms with van der Waals surface area (Å²) in [4.78, 5) is 3.08. The Balaban J connectivity index is 1.56. The maximum Gasteiger partial charge on any atom is 0.203 e. The summed E-state index contributed by atoms with van der Waals surface area (Å²) in [5.41, 5.74) is 2.75. The number of benzene rings is 1. The van der Waals surface area contributed by atoms with E-state index in [1.165, 1.54) is 16.0 Å². The molecule has 0 fully saturated rings. The highest BCUT2D eigenvalue weighted by molar-refractivity contribution is 7.71. The molecule has 1 aromatic carbocycles. The lowest BCUT2D eigenvalue weighted by Gasteiger charge is -2.30. The average molecular weight is 372 g/mol. The molecule has 0 amide bonds. The fourth-order valence-corrected chi connectivity index (χ4v) is 4.94. The number of aryl methyl sites for hydroxylation is 1. The van der Waals surface area contributed by atoms with Gasteiger partial charge < -0.3 is 4.90 Å². The van der Waals surface area contributed by atoms with Gasteiger partial charge in [-0.15, -0.1) is 11.3 Å². The SMILES string of the molecule is Cc1nn(C[NH+]2CCc3sccc3[C@@H]2C)c(=S)n1Cc1ccccc1. The molecule has 1 N–H and O–H groups in total. The quantitative estimate of drug-likeness (QED) is 0.714. The van der Waals surface area contributed by atoms with Crippen molar-refractivity contribution in [2.75, 3.05) is 6.54 Å². The number of nitrogens with zero attached hydrogens (tertiary/aromatic N) is 3. The van der Waals surface area contributed by atoms with Gasteiger partial charge in [-0.2, -0.15) is 9.78 Å². The second kappa shape index (κ2) is 6.86. The highest BCUT2D eigenvalue weighted by atomic mass is 32.1. The second-order valence-electron chi connectivity index (χ2n) is 6.74. The van der Waals surface area contributed by atoms with E-state index in [0.717, 1.165) is 36.8 Å². The van der Waals surface area contributed by atoms with Crippen molar-refractivity contribution in [1.29, 1.82) is 0 Å². The van der Waals surface area contributed by atoms with Crippen LogP contribution in [0.3, 0.4) is 0 Å². The van der Waals surface area contributed by atoms with E-state index in [0.29, 0.717) is 6.04 Å². The number of rotatable bonds is 4. The third-order valence-electron chi connectivity index (χ3n) is 5.18. The number of thiophene rings is 1. The molecule has 0 saturated heterocycles. The zero-order valence-corrected chi connectivity index (χ0v) is 16.2. The third kappa shape index (κ3) is 3.21. The van der Waals surface area contributed by atoms with Crippen LogP contribution < -0.4 is 4.90 Å². The van der Waals surface area contributed by atoms with Gasteiger partial charge in [-0.05, 0) is 43.1 Å². The predicted octanol–water partition coefficient (Wildman–Crippen LogP) is 2.99. The third-order valence-corrected chi connectivity index (χ3v) is 6.60. The highest BCUT2D eigenvalue weighted by Crippen LogP contribution is 2.24. The van der Waals surface area contributed by atoms with E-state index in [-0.39, 0.29) is 0 Å². The molecule has 1 aliphatic rings. The van der Waals surface area contributed by atoms with Gasteiger partial charge in [0.15, 0.2) is 6.67 Å². The molecule has 4 rings (SSSR count). The molecule has 25 heavy (non-hydrogen) atoms. The van der Waals surface area contributed by atoms with Crippen LogP contribution in [0.1, 0.15) is 34.8 Å². The molecule has 0 spiro atoms. The smallest absolute Gasteiger partial charge is 0.203 e. The minimum absolute atomic E-state index is 0.497. The molecule has 1 aliphatic heterocycles. The first-order valence-corrected chi connectivity index (χ1v) is 10.0. The molecule has 0 aliphatic carbocycles. The van der Waals surface area contributed by atoms with Crippen molar-refractivity contribution in [2.45, 2.75) is 39.5 Å². The molecule has 0 saturated carbocycles. The summed E-state index contributed by atoms with van der Waals surface area (Å²) in [6, 6.07) is 13.2. The van der Waals surface area contributed by atoms with Crippen LogP contribution >= 0.6 is 23.6 Å². The van der Waals surface area contributed by atoms with Crippen molar-refractivity contribution in [3.05, 3.63) is 68.4 Å². The first-order valence-electron chi connectivity index (χ1n) is 8.72. The fraction of sp³-hybridized carbons (Fsp3) is 0.368. The van der Waals surface area contributed by atoms with Crippen molar-refractivity contribution < 1.29 is 4.90 Å². The topological polar surface area (TPSA) is 27.2 Å². The Hall–Kier alpha value is -1.76. The molecule has 3 aromatic rings. The first-order chi connectivity index (χ1) is 12.1. The molecular formula is C19H23N4S2+. The van der Waals surface area contributed by atoms with Crippen LogP contribution in [0.2, 0.25) is 0 Å². The van der Waals surface area contributed by atoms with Gasteiger partial charge in [0.05, 0.1) is 13.1 Å². The van der Waals surface area contributed by atoms with Crippen LogP contribution in [0.15, 0.2) is 41.8 Å². The van der Waals surface area contributed by atoms with Gasteiger partial charge in [0.2, 0.25) is 4.77 Å². The Morgan fingerprint density at radius 3 is 2.88 bits per heavy atom. The maximum absolute atomic E-state index is 5.73. The summed E-state index contributed by atoms with van der Waals surface area (Å²) in [6.45, 7) is 7.11. The van der Waals surface area contributed by atoms with Crippen molar-refractivity contribution in [2.24, 2.45) is 0 Å². The van der Waals surface area contributed by atoms with Crippen molar-refractivity contribution >= 4 is 23.6 Å². The predicted molar refractivity (Wildman–Crippen MR) is 104 cm³/mol. The number of quaternary nitrogens is 1. The largest absolute Gasteiger partial charge is 0.310 e. The van der Waals surface area contributed by atoms with Gasteiger partial charge in [-0.3, -0.25) is 4.57 Å². The molecule has 130 valence electrons. The standard InChI is InChI=1S/C19H22N4S2/c1-14-17-9-11-25-18(17)8-10-21(14)13-23-19(24)22(15(2)20-23)12-16-6-4-3-5-7-16/h3-7,9,11,14H,8,10,12-13H2,1-2H3/p+1/t14-/m0/s1. The Labute approximate surface area is 157 Å². The zero-order chi connectivity index (χ0) is 17.4. The Kier molecular flexibility index (Phi) is 4.58. The van der Waals surface area contributed by atoms with E-state index < -0.39 is 0 Å². The van der Waals surface area contributed by atoms with Crippen molar-refractivity contribution in [1.82, 2.24) is 14.3 Å². The van der Waals surface area contributed by atoms with E-state index in [9.17, 15) is 0 Å². The summed E-state index contributed by atoms with van der Waals surface area (Å²) in [5, 5.41) is 6.95. The molecular weight excluding hydrogens is 348 g/mol. The monoisotopic (exact) mass is 371 g/mol. The number of nitrogens with one attached hydrogen (secondary N) is 1. The van der Waals surface area contributed by atoms with Crippen LogP contribution in [0, 0.1) is 11.7 Å². The van der Waals surface area contributed by atoms with E-state index in [1.807, 2.05) is 29.0 Å². The van der Waals surface area contributed by atoms with Gasteiger partial charge in [-0.1, -0.05) is 30.3 Å². The van der Waals surface area contributed by atoms with E-state index >= 15 is 0 Å². The van der Waals surface area contributed by atoms with Gasteiger partial charge >= 0.3 is 0 Å². The minimum Gasteiger partial charge on any atom is -0.310 e. The van der Waals surface area contributed by atoms with Gasteiger partial charge in [-0.25, -0.2) is 0 Å². The van der Waals surface area contributed by atoms with Gasteiger partial charge in [0, 0.05) is 16.9 Å². The van der Waals surface area contributed by atoms with E-state index in [2.05, 4.69) is 47.2 Å². The number of hydrogen-bond acceptors (Lipinski definition) is 3. The number of hydrogen-bond donors (Lipinski definition) is 1. The minimum atomic E-state index is 0.497. The van der Waals surface area contributed by atoms with E-state index in [4.69, 9.17) is 17.3 Å². The summed E-state index contributed by atoms with van der Waals surface area (Å²) >= 11 is 7.62. The lowest BCUT2D eigenvalue weighted by Crippen LogP contribution is -3.12. The zero-order valence-electron chi connectivity index (χ0n) is 14.6. The fourth-order valence-electron chi connectivity index (χ4n) is 3.66. The molecule has 0 radical (unpaired) electrons. The molecule has 4 nitrogen and oxygen atoms in total. The van der Waals surface area contributed by atoms with Crippen LogP contribution in [0.25, 0.3) is 0 Å². The number of aromatic nitrogens is 3. The second-order valence-corrected chi connectivity index (χ2v) is 8.10. The molecule has 0 bridgehead atoms. The average Bonchev–Trinajstić information content (AvgIpc) is 3.19. The Morgan fingerprint density at radius 2 is 2.08 bits per heavy atom. The van der Waals surface area contributed by atoms with Crippen molar-refractivity contribution in [3.63, 3.8) is 0 Å². The normalized spacial score (nSPS) is 19.8. The summed E-state index contributed by atoms with van der Waals surface area (Å²) in [6.07, 6.45) is 1.16. The Bertz CT molecular complexity index is 923. The molecule has 1 unspecified atom stereocenters. The molecule has 6 heteroatoms. The van der Waals surface area contributed by atoms with Gasteiger partial charge in [0.1, 0.15) is 11.9 Å². The summed E-state index contributed by atoms with van der Waals surface area (Å²) in [5.74, 6) is 0.981. The molecule has 2 atom stereocenters. The number of fused-ring (bicyclic) bond motifs is 1. The van der Waals surface area contributed by atoms with E-state index in [1.54, 1.807) is 4.88 Å². The van der Waals surface area contributed by atoms with Crippen LogP contribution in [0.4, 0.5) is 0 Å². The molecule has 3 heterocycles. The highest BCUT2D eigenvalue weighted by Gasteiger charge is 2.28. The summed E-state index contributed by atoms with van der Waals surface area (Å²) in [7, 11) is 0. The van der Waals surface area contributed by atoms with Crippen LogP contribution in [-0.4, -0.2) is 20.9 Å². The molecule has 2 aromatic heterocycles.